The molecular weight excluding hydrogens is 190 g/mol. The molecule has 0 unspecified atom stereocenters. The Balaban J connectivity index is 2.50. The van der Waals surface area contributed by atoms with Crippen LogP contribution in [0.25, 0.3) is 0 Å². The molecule has 15 heavy (non-hydrogen) atoms. The van der Waals surface area contributed by atoms with Crippen LogP contribution in [0.5, 0.6) is 0 Å². The van der Waals surface area contributed by atoms with Crippen molar-refractivity contribution in [3.8, 4) is 0 Å². The number of hydrogen-bond donors (Lipinski definition) is 2. The van der Waals surface area contributed by atoms with E-state index >= 15 is 0 Å². The molecule has 2 N–H and O–H groups in total. The minimum Gasteiger partial charge on any atom is -0.373 e. The highest BCUT2D eigenvalue weighted by atomic mass is 16.1. The lowest BCUT2D eigenvalue weighted by Crippen LogP contribution is -2.24. The molecule has 82 valence electrons. The Bertz CT molecular complexity index is 308. The predicted molar refractivity (Wildman–Crippen MR) is 61.0 cm³/mol. The molecule has 4 nitrogen and oxygen atoms in total. The SMILES string of the molecule is CCCCNC(=O)c1ccc(NC)nc1. The van der Waals surface area contributed by atoms with Gasteiger partial charge in [-0.2, -0.15) is 0 Å². The molecule has 1 rings (SSSR count). The van der Waals surface area contributed by atoms with E-state index in [9.17, 15) is 4.79 Å². The van der Waals surface area contributed by atoms with Crippen molar-refractivity contribution in [1.82, 2.24) is 10.3 Å². The van der Waals surface area contributed by atoms with Gasteiger partial charge in [-0.05, 0) is 18.6 Å². The maximum absolute atomic E-state index is 11.5. The van der Waals surface area contributed by atoms with Crippen LogP contribution in [0.4, 0.5) is 5.82 Å². The Morgan fingerprint density at radius 3 is 2.80 bits per heavy atom. The van der Waals surface area contributed by atoms with Crippen LogP contribution >= 0.6 is 0 Å². The maximum Gasteiger partial charge on any atom is 0.252 e. The maximum atomic E-state index is 11.5. The summed E-state index contributed by atoms with van der Waals surface area (Å²) in [6.07, 6.45) is 3.66. The van der Waals surface area contributed by atoms with E-state index in [-0.39, 0.29) is 5.91 Å². The van der Waals surface area contributed by atoms with Crippen molar-refractivity contribution >= 4 is 11.7 Å². The van der Waals surface area contributed by atoms with Gasteiger partial charge in [0.25, 0.3) is 5.91 Å². The molecule has 1 amide bonds. The molecule has 0 bridgehead atoms. The van der Waals surface area contributed by atoms with Gasteiger partial charge in [-0.3, -0.25) is 4.79 Å². The quantitative estimate of drug-likeness (QED) is 0.722. The number of carbonyl (C=O) groups excluding carboxylic acids is 1. The van der Waals surface area contributed by atoms with Gasteiger partial charge in [-0.25, -0.2) is 4.98 Å². The van der Waals surface area contributed by atoms with E-state index < -0.39 is 0 Å². The van der Waals surface area contributed by atoms with E-state index in [1.807, 2.05) is 0 Å². The monoisotopic (exact) mass is 207 g/mol. The standard InChI is InChI=1S/C11H17N3O/c1-3-4-7-13-11(15)9-5-6-10(12-2)14-8-9/h5-6,8H,3-4,7H2,1-2H3,(H,12,14)(H,13,15). The summed E-state index contributed by atoms with van der Waals surface area (Å²) in [5, 5.41) is 5.74. The van der Waals surface area contributed by atoms with Crippen molar-refractivity contribution in [2.24, 2.45) is 0 Å². The van der Waals surface area contributed by atoms with Gasteiger partial charge in [0, 0.05) is 19.8 Å². The summed E-state index contributed by atoms with van der Waals surface area (Å²) in [7, 11) is 1.79. The number of nitrogens with zero attached hydrogens (tertiary/aromatic N) is 1. The molecule has 0 aliphatic rings. The van der Waals surface area contributed by atoms with E-state index in [0.29, 0.717) is 5.56 Å². The number of aromatic nitrogens is 1. The average molecular weight is 207 g/mol. The number of pyridine rings is 1. The number of anilines is 1. The van der Waals surface area contributed by atoms with Crippen molar-refractivity contribution in [2.75, 3.05) is 18.9 Å². The number of rotatable bonds is 5. The molecule has 0 saturated heterocycles. The van der Waals surface area contributed by atoms with Gasteiger partial charge in [0.2, 0.25) is 0 Å². The number of hydrogen-bond acceptors (Lipinski definition) is 3. The largest absolute Gasteiger partial charge is 0.373 e. The Labute approximate surface area is 90.1 Å². The fraction of sp³-hybridized carbons (Fsp3) is 0.455. The van der Waals surface area contributed by atoms with Crippen LogP contribution < -0.4 is 10.6 Å². The lowest BCUT2D eigenvalue weighted by Gasteiger charge is -2.04. The molecule has 0 fully saturated rings. The number of carbonyl (C=O) groups is 1. The van der Waals surface area contributed by atoms with Gasteiger partial charge < -0.3 is 10.6 Å². The lowest BCUT2D eigenvalue weighted by atomic mass is 10.2. The van der Waals surface area contributed by atoms with Crippen molar-refractivity contribution in [1.29, 1.82) is 0 Å². The lowest BCUT2D eigenvalue weighted by molar-refractivity contribution is 0.0953. The molecule has 1 heterocycles. The highest BCUT2D eigenvalue weighted by molar-refractivity contribution is 5.93. The van der Waals surface area contributed by atoms with Crippen molar-refractivity contribution in [2.45, 2.75) is 19.8 Å². The summed E-state index contributed by atoms with van der Waals surface area (Å²) in [5.74, 6) is 0.707. The molecule has 0 radical (unpaired) electrons. The average Bonchev–Trinajstić information content (AvgIpc) is 2.29. The summed E-state index contributed by atoms with van der Waals surface area (Å²) < 4.78 is 0. The zero-order chi connectivity index (χ0) is 11.1. The molecule has 1 aromatic rings. The van der Waals surface area contributed by atoms with E-state index in [2.05, 4.69) is 22.5 Å². The smallest absolute Gasteiger partial charge is 0.252 e. The third-order valence-electron chi connectivity index (χ3n) is 2.10. The first kappa shape index (κ1) is 11.5. The summed E-state index contributed by atoms with van der Waals surface area (Å²) in [6.45, 7) is 2.82. The Hall–Kier alpha value is -1.58. The van der Waals surface area contributed by atoms with Crippen molar-refractivity contribution in [3.63, 3.8) is 0 Å². The van der Waals surface area contributed by atoms with Crippen LogP contribution in [-0.4, -0.2) is 24.5 Å². The summed E-state index contributed by atoms with van der Waals surface area (Å²) in [6, 6.07) is 3.55. The van der Waals surface area contributed by atoms with Gasteiger partial charge in [-0.15, -0.1) is 0 Å². The topological polar surface area (TPSA) is 54.0 Å². The van der Waals surface area contributed by atoms with Gasteiger partial charge in [0.1, 0.15) is 5.82 Å². The second kappa shape index (κ2) is 6.01. The first-order chi connectivity index (χ1) is 7.27. The summed E-state index contributed by atoms with van der Waals surface area (Å²) in [5.41, 5.74) is 0.602. The second-order valence-electron chi connectivity index (χ2n) is 3.29. The molecule has 1 aromatic heterocycles. The van der Waals surface area contributed by atoms with Crippen molar-refractivity contribution in [3.05, 3.63) is 23.9 Å². The van der Waals surface area contributed by atoms with E-state index in [1.165, 1.54) is 0 Å². The number of unbranched alkanes of at least 4 members (excludes halogenated alkanes) is 1. The Morgan fingerprint density at radius 2 is 2.27 bits per heavy atom. The first-order valence-corrected chi connectivity index (χ1v) is 5.20. The highest BCUT2D eigenvalue weighted by Gasteiger charge is 2.04. The Morgan fingerprint density at radius 1 is 1.47 bits per heavy atom. The van der Waals surface area contributed by atoms with Gasteiger partial charge >= 0.3 is 0 Å². The fourth-order valence-electron chi connectivity index (χ4n) is 1.16. The minimum atomic E-state index is -0.0568. The zero-order valence-electron chi connectivity index (χ0n) is 9.21. The number of nitrogens with one attached hydrogen (secondary N) is 2. The fourth-order valence-corrected chi connectivity index (χ4v) is 1.16. The predicted octanol–water partition coefficient (Wildman–Crippen LogP) is 1.65. The van der Waals surface area contributed by atoms with Crippen LogP contribution in [0, 0.1) is 0 Å². The van der Waals surface area contributed by atoms with Crippen molar-refractivity contribution < 1.29 is 4.79 Å². The van der Waals surface area contributed by atoms with Crippen LogP contribution in [-0.2, 0) is 0 Å². The molecule has 0 aliphatic carbocycles. The first-order valence-electron chi connectivity index (χ1n) is 5.20. The molecule has 0 atom stereocenters. The van der Waals surface area contributed by atoms with Gasteiger partial charge in [0.05, 0.1) is 5.56 Å². The summed E-state index contributed by atoms with van der Waals surface area (Å²) >= 11 is 0. The Kier molecular flexibility index (Phi) is 4.60. The van der Waals surface area contributed by atoms with Crippen LogP contribution in [0.15, 0.2) is 18.3 Å². The van der Waals surface area contributed by atoms with Crippen LogP contribution in [0.2, 0.25) is 0 Å². The summed E-state index contributed by atoms with van der Waals surface area (Å²) in [4.78, 5) is 15.6. The highest BCUT2D eigenvalue weighted by Crippen LogP contribution is 2.03. The van der Waals surface area contributed by atoms with Gasteiger partial charge in [0.15, 0.2) is 0 Å². The third kappa shape index (κ3) is 3.58. The van der Waals surface area contributed by atoms with Crippen LogP contribution in [0.3, 0.4) is 0 Å². The number of amides is 1. The minimum absolute atomic E-state index is 0.0568. The van der Waals surface area contributed by atoms with Gasteiger partial charge in [-0.1, -0.05) is 13.3 Å². The van der Waals surface area contributed by atoms with E-state index in [1.54, 1.807) is 25.4 Å². The molecular formula is C11H17N3O. The zero-order valence-corrected chi connectivity index (χ0v) is 9.21. The molecule has 0 aliphatic heterocycles. The molecule has 4 heteroatoms. The van der Waals surface area contributed by atoms with Crippen LogP contribution in [0.1, 0.15) is 30.1 Å². The normalized spacial score (nSPS) is 9.73. The van der Waals surface area contributed by atoms with E-state index in [0.717, 1.165) is 25.2 Å². The van der Waals surface area contributed by atoms with E-state index in [4.69, 9.17) is 0 Å². The molecule has 0 spiro atoms. The second-order valence-corrected chi connectivity index (χ2v) is 3.29. The molecule has 0 aromatic carbocycles. The third-order valence-corrected chi connectivity index (χ3v) is 2.10. The molecule has 0 saturated carbocycles.